The van der Waals surface area contributed by atoms with Crippen LogP contribution in [0, 0.1) is 6.92 Å². The van der Waals surface area contributed by atoms with E-state index in [1.807, 2.05) is 19.1 Å². The number of nitrogens with zero attached hydrogens (tertiary/aromatic N) is 3. The Balaban J connectivity index is 0.00000108. The third kappa shape index (κ3) is 2.25. The topological polar surface area (TPSA) is 53.8 Å². The van der Waals surface area contributed by atoms with Gasteiger partial charge in [0.15, 0.2) is 5.82 Å². The van der Waals surface area contributed by atoms with Crippen molar-refractivity contribution in [3.63, 3.8) is 0 Å². The van der Waals surface area contributed by atoms with Crippen molar-refractivity contribution in [3.05, 3.63) is 35.2 Å². The van der Waals surface area contributed by atoms with E-state index in [1.54, 1.807) is 18.0 Å². The van der Waals surface area contributed by atoms with Gasteiger partial charge in [0.2, 0.25) is 0 Å². The van der Waals surface area contributed by atoms with Gasteiger partial charge in [0.05, 0.1) is 5.69 Å². The minimum absolute atomic E-state index is 0. The summed E-state index contributed by atoms with van der Waals surface area (Å²) in [6.07, 6.45) is 1.70. The molecular weight excluding hydrogens is 245 g/mol. The number of aromatic nitrogens is 3. The molecule has 17 heavy (non-hydrogen) atoms. The molecule has 1 aliphatic rings. The van der Waals surface area contributed by atoms with E-state index in [9.17, 15) is 5.11 Å². The molecule has 2 aromatic rings. The zero-order chi connectivity index (χ0) is 11.1. The summed E-state index contributed by atoms with van der Waals surface area (Å²) in [5.41, 5.74) is 2.83. The van der Waals surface area contributed by atoms with E-state index in [4.69, 9.17) is 0 Å². The SMILES string of the molecule is Cc1ccnc(-n2nc3c(c2[O-])CSC3)c1.[Na+]. The fraction of sp³-hybridized carbons (Fsp3) is 0.273. The molecule has 82 valence electrons. The summed E-state index contributed by atoms with van der Waals surface area (Å²) in [6, 6.07) is 3.78. The van der Waals surface area contributed by atoms with Gasteiger partial charge < -0.3 is 5.11 Å². The van der Waals surface area contributed by atoms with Crippen LogP contribution in [-0.2, 0) is 11.5 Å². The Hall–Kier alpha value is -0.490. The summed E-state index contributed by atoms with van der Waals surface area (Å²) in [5.74, 6) is 2.21. The monoisotopic (exact) mass is 255 g/mol. The average molecular weight is 255 g/mol. The van der Waals surface area contributed by atoms with Crippen LogP contribution in [-0.4, -0.2) is 14.8 Å². The first-order chi connectivity index (χ1) is 7.75. The molecule has 3 heterocycles. The summed E-state index contributed by atoms with van der Waals surface area (Å²) in [7, 11) is 0. The maximum atomic E-state index is 12.0. The Morgan fingerprint density at radius 3 is 2.94 bits per heavy atom. The van der Waals surface area contributed by atoms with Crippen LogP contribution in [0.25, 0.3) is 5.82 Å². The third-order valence-electron chi connectivity index (χ3n) is 2.62. The third-order valence-corrected chi connectivity index (χ3v) is 3.59. The molecule has 0 fully saturated rings. The van der Waals surface area contributed by atoms with Gasteiger partial charge in [0.25, 0.3) is 0 Å². The van der Waals surface area contributed by atoms with E-state index < -0.39 is 0 Å². The van der Waals surface area contributed by atoms with Crippen LogP contribution in [0.2, 0.25) is 0 Å². The Morgan fingerprint density at radius 1 is 1.41 bits per heavy atom. The van der Waals surface area contributed by atoms with Crippen LogP contribution >= 0.6 is 11.8 Å². The molecule has 0 spiro atoms. The zero-order valence-electron chi connectivity index (χ0n) is 9.80. The first-order valence-corrected chi connectivity index (χ1v) is 6.20. The fourth-order valence-corrected chi connectivity index (χ4v) is 2.80. The molecule has 0 N–H and O–H groups in total. The normalized spacial score (nSPS) is 13.2. The summed E-state index contributed by atoms with van der Waals surface area (Å²) in [5, 5.41) is 16.3. The Morgan fingerprint density at radius 2 is 2.24 bits per heavy atom. The van der Waals surface area contributed by atoms with Crippen molar-refractivity contribution >= 4 is 11.8 Å². The molecule has 3 rings (SSSR count). The maximum absolute atomic E-state index is 12.0. The molecule has 0 atom stereocenters. The van der Waals surface area contributed by atoms with Gasteiger partial charge >= 0.3 is 29.6 Å². The number of hydrogen-bond donors (Lipinski definition) is 0. The van der Waals surface area contributed by atoms with Crippen molar-refractivity contribution in [2.24, 2.45) is 0 Å². The van der Waals surface area contributed by atoms with Gasteiger partial charge in [-0.2, -0.15) is 16.9 Å². The quantitative estimate of drug-likeness (QED) is 0.576. The predicted molar refractivity (Wildman–Crippen MR) is 60.5 cm³/mol. The van der Waals surface area contributed by atoms with Crippen LogP contribution in [0.1, 0.15) is 16.8 Å². The van der Waals surface area contributed by atoms with E-state index in [-0.39, 0.29) is 35.4 Å². The van der Waals surface area contributed by atoms with E-state index in [0.29, 0.717) is 5.82 Å². The fourth-order valence-electron chi connectivity index (χ4n) is 1.78. The second kappa shape index (κ2) is 5.02. The van der Waals surface area contributed by atoms with Crippen molar-refractivity contribution in [1.82, 2.24) is 14.8 Å². The molecule has 0 aromatic carbocycles. The first kappa shape index (κ1) is 13.0. The van der Waals surface area contributed by atoms with Gasteiger partial charge in [-0.15, -0.1) is 0 Å². The van der Waals surface area contributed by atoms with Crippen molar-refractivity contribution in [2.45, 2.75) is 18.4 Å². The van der Waals surface area contributed by atoms with Crippen molar-refractivity contribution in [1.29, 1.82) is 0 Å². The van der Waals surface area contributed by atoms with Crippen LogP contribution in [0.5, 0.6) is 5.88 Å². The van der Waals surface area contributed by atoms with Gasteiger partial charge in [0, 0.05) is 17.7 Å². The molecule has 0 aliphatic carbocycles. The van der Waals surface area contributed by atoms with Gasteiger partial charge in [-0.1, -0.05) is 0 Å². The second-order valence-corrected chi connectivity index (χ2v) is 4.81. The summed E-state index contributed by atoms with van der Waals surface area (Å²) in [6.45, 7) is 1.97. The Bertz CT molecular complexity index is 556. The summed E-state index contributed by atoms with van der Waals surface area (Å²) < 4.78 is 1.41. The number of thioether (sulfide) groups is 1. The molecule has 0 unspecified atom stereocenters. The van der Waals surface area contributed by atoms with E-state index in [0.717, 1.165) is 28.3 Å². The smallest absolute Gasteiger partial charge is 0.858 e. The Labute approximate surface area is 126 Å². The molecular formula is C11H10N3NaOS. The molecule has 2 aromatic heterocycles. The van der Waals surface area contributed by atoms with E-state index in [2.05, 4.69) is 10.1 Å². The van der Waals surface area contributed by atoms with Gasteiger partial charge in [-0.25, -0.2) is 9.67 Å². The number of hydrogen-bond acceptors (Lipinski definition) is 4. The number of rotatable bonds is 1. The minimum Gasteiger partial charge on any atom is -0.858 e. The molecule has 0 radical (unpaired) electrons. The van der Waals surface area contributed by atoms with Crippen LogP contribution < -0.4 is 34.7 Å². The van der Waals surface area contributed by atoms with Gasteiger partial charge in [-0.3, -0.25) is 0 Å². The van der Waals surface area contributed by atoms with Crippen molar-refractivity contribution in [2.75, 3.05) is 0 Å². The maximum Gasteiger partial charge on any atom is 1.00 e. The predicted octanol–water partition coefficient (Wildman–Crippen LogP) is -1.60. The van der Waals surface area contributed by atoms with Crippen LogP contribution in [0.4, 0.5) is 0 Å². The average Bonchev–Trinajstić information content (AvgIpc) is 2.82. The van der Waals surface area contributed by atoms with E-state index in [1.165, 1.54) is 4.68 Å². The van der Waals surface area contributed by atoms with Crippen LogP contribution in [0.15, 0.2) is 18.3 Å². The molecule has 0 bridgehead atoms. The number of fused-ring (bicyclic) bond motifs is 1. The Kier molecular flexibility index (Phi) is 3.82. The molecule has 0 amide bonds. The molecule has 1 aliphatic heterocycles. The van der Waals surface area contributed by atoms with Gasteiger partial charge in [0.1, 0.15) is 0 Å². The minimum atomic E-state index is -0.0156. The van der Waals surface area contributed by atoms with Crippen molar-refractivity contribution < 1.29 is 34.7 Å². The molecule has 0 saturated heterocycles. The van der Waals surface area contributed by atoms with Crippen LogP contribution in [0.3, 0.4) is 0 Å². The van der Waals surface area contributed by atoms with Crippen molar-refractivity contribution in [3.8, 4) is 11.7 Å². The molecule has 0 saturated carbocycles. The summed E-state index contributed by atoms with van der Waals surface area (Å²) in [4.78, 5) is 4.18. The van der Waals surface area contributed by atoms with Gasteiger partial charge in [-0.05, 0) is 36.1 Å². The summed E-state index contributed by atoms with van der Waals surface area (Å²) >= 11 is 1.73. The largest absolute Gasteiger partial charge is 1.00 e. The first-order valence-electron chi connectivity index (χ1n) is 5.04. The second-order valence-electron chi connectivity index (χ2n) is 3.83. The zero-order valence-corrected chi connectivity index (χ0v) is 12.6. The van der Waals surface area contributed by atoms with E-state index >= 15 is 0 Å². The number of pyridine rings is 1. The molecule has 4 nitrogen and oxygen atoms in total. The number of aryl methyl sites for hydroxylation is 1. The molecule has 6 heteroatoms. The standard InChI is InChI=1S/C11H11N3OS.Na/c1-7-2-3-12-10(4-7)14-11(15)8-5-16-6-9(8)13-14;/h2-4,15H,5-6H2,1H3;/q;+1/p-1.